The average molecular weight is 263 g/mol. The van der Waals surface area contributed by atoms with Gasteiger partial charge in [0.25, 0.3) is 0 Å². The summed E-state index contributed by atoms with van der Waals surface area (Å²) in [5.41, 5.74) is 1.35. The van der Waals surface area contributed by atoms with Gasteiger partial charge in [-0.15, -0.1) is 18.3 Å². The minimum absolute atomic E-state index is 0.535. The van der Waals surface area contributed by atoms with Crippen LogP contribution in [0.3, 0.4) is 0 Å². The summed E-state index contributed by atoms with van der Waals surface area (Å²) in [6.07, 6.45) is 6.43. The van der Waals surface area contributed by atoms with E-state index in [-0.39, 0.29) is 0 Å². The Morgan fingerprint density at radius 3 is 2.50 bits per heavy atom. The predicted octanol–water partition coefficient (Wildman–Crippen LogP) is 4.49. The molecule has 2 atom stereocenters. The van der Waals surface area contributed by atoms with E-state index >= 15 is 0 Å². The molecule has 0 saturated carbocycles. The van der Waals surface area contributed by atoms with E-state index in [9.17, 15) is 0 Å². The minimum Gasteiger partial charge on any atom is -0.310 e. The van der Waals surface area contributed by atoms with Crippen molar-refractivity contribution in [2.75, 3.05) is 6.26 Å². The molecule has 0 aliphatic rings. The fourth-order valence-corrected chi connectivity index (χ4v) is 2.54. The van der Waals surface area contributed by atoms with E-state index in [2.05, 4.69) is 56.3 Å². The lowest BCUT2D eigenvalue weighted by atomic mass is 9.94. The van der Waals surface area contributed by atoms with Crippen LogP contribution in [0.25, 0.3) is 0 Å². The maximum atomic E-state index is 3.84. The minimum atomic E-state index is 0.535. The molecule has 18 heavy (non-hydrogen) atoms. The highest BCUT2D eigenvalue weighted by molar-refractivity contribution is 7.98. The van der Waals surface area contributed by atoms with Crippen molar-refractivity contribution in [2.24, 2.45) is 5.92 Å². The molecule has 0 aromatic heterocycles. The number of rotatable bonds is 8. The van der Waals surface area contributed by atoms with E-state index < -0.39 is 0 Å². The lowest BCUT2D eigenvalue weighted by molar-refractivity contribution is 0.365. The first-order valence-electron chi connectivity index (χ1n) is 6.68. The third-order valence-corrected chi connectivity index (χ3v) is 4.23. The van der Waals surface area contributed by atoms with E-state index in [1.165, 1.54) is 16.9 Å². The lowest BCUT2D eigenvalue weighted by Crippen LogP contribution is -2.32. The zero-order valence-corrected chi connectivity index (χ0v) is 12.6. The Balaban J connectivity index is 2.45. The first kappa shape index (κ1) is 15.3. The molecule has 100 valence electrons. The normalized spacial score (nSPS) is 14.2. The van der Waals surface area contributed by atoms with Crippen LogP contribution < -0.4 is 5.32 Å². The Kier molecular flexibility index (Phi) is 7.14. The summed E-state index contributed by atoms with van der Waals surface area (Å²) in [5.74, 6) is 0.688. The summed E-state index contributed by atoms with van der Waals surface area (Å²) in [4.78, 5) is 1.32. The lowest BCUT2D eigenvalue weighted by Gasteiger charge is -2.22. The summed E-state index contributed by atoms with van der Waals surface area (Å²) in [7, 11) is 0. The zero-order valence-electron chi connectivity index (χ0n) is 11.8. The third-order valence-electron chi connectivity index (χ3n) is 3.49. The first-order valence-corrected chi connectivity index (χ1v) is 7.91. The van der Waals surface area contributed by atoms with Crippen molar-refractivity contribution in [2.45, 2.75) is 44.2 Å². The Hall–Kier alpha value is -0.730. The van der Waals surface area contributed by atoms with Gasteiger partial charge in [-0.05, 0) is 43.2 Å². The van der Waals surface area contributed by atoms with Gasteiger partial charge >= 0.3 is 0 Å². The van der Waals surface area contributed by atoms with Gasteiger partial charge in [0.2, 0.25) is 0 Å². The van der Waals surface area contributed by atoms with Gasteiger partial charge in [-0.25, -0.2) is 0 Å². The highest BCUT2D eigenvalue weighted by Crippen LogP contribution is 2.16. The second-order valence-electron chi connectivity index (χ2n) is 4.71. The molecule has 1 rings (SSSR count). The highest BCUT2D eigenvalue weighted by Gasteiger charge is 2.12. The molecule has 0 aliphatic heterocycles. The molecular weight excluding hydrogens is 238 g/mol. The summed E-state index contributed by atoms with van der Waals surface area (Å²) in [6, 6.07) is 9.33. The Labute approximate surface area is 116 Å². The van der Waals surface area contributed by atoms with Crippen LogP contribution in [-0.2, 0) is 6.54 Å². The smallest absolute Gasteiger partial charge is 0.0208 e. The highest BCUT2D eigenvalue weighted by atomic mass is 32.2. The van der Waals surface area contributed by atoms with Gasteiger partial charge < -0.3 is 5.32 Å². The van der Waals surface area contributed by atoms with Crippen molar-refractivity contribution in [1.29, 1.82) is 0 Å². The summed E-state index contributed by atoms with van der Waals surface area (Å²) >= 11 is 1.79. The maximum Gasteiger partial charge on any atom is 0.0208 e. The van der Waals surface area contributed by atoms with Crippen LogP contribution >= 0.6 is 11.8 Å². The predicted molar refractivity (Wildman–Crippen MR) is 83.1 cm³/mol. The molecule has 0 saturated heterocycles. The number of benzene rings is 1. The zero-order chi connectivity index (χ0) is 13.4. The van der Waals surface area contributed by atoms with E-state index in [0.29, 0.717) is 12.0 Å². The quantitative estimate of drug-likeness (QED) is 0.548. The van der Waals surface area contributed by atoms with Crippen LogP contribution in [-0.4, -0.2) is 12.3 Å². The Bertz CT molecular complexity index is 345. The Morgan fingerprint density at radius 1 is 1.33 bits per heavy atom. The van der Waals surface area contributed by atoms with Gasteiger partial charge in [-0.3, -0.25) is 0 Å². The SMILES string of the molecule is C=CCC(CC)C(C)NCc1ccc(SC)cc1. The number of nitrogens with one attached hydrogen (secondary N) is 1. The molecule has 1 nitrogen and oxygen atoms in total. The van der Waals surface area contributed by atoms with Crippen LogP contribution in [0, 0.1) is 5.92 Å². The molecule has 1 aromatic rings. The molecule has 1 N–H and O–H groups in total. The van der Waals surface area contributed by atoms with E-state index in [1.807, 2.05) is 6.08 Å². The van der Waals surface area contributed by atoms with Crippen molar-refractivity contribution in [3.8, 4) is 0 Å². The van der Waals surface area contributed by atoms with Crippen LogP contribution in [0.1, 0.15) is 32.3 Å². The number of allylic oxidation sites excluding steroid dienone is 1. The van der Waals surface area contributed by atoms with Crippen molar-refractivity contribution in [3.63, 3.8) is 0 Å². The van der Waals surface area contributed by atoms with Crippen molar-refractivity contribution >= 4 is 11.8 Å². The molecule has 1 aromatic carbocycles. The largest absolute Gasteiger partial charge is 0.310 e. The van der Waals surface area contributed by atoms with Gasteiger partial charge in [-0.1, -0.05) is 31.6 Å². The van der Waals surface area contributed by atoms with Gasteiger partial charge in [0.15, 0.2) is 0 Å². The standard InChI is InChI=1S/C16H25NS/c1-5-7-15(6-2)13(3)17-12-14-8-10-16(18-4)11-9-14/h5,8-11,13,15,17H,1,6-7,12H2,2-4H3. The summed E-state index contributed by atoms with van der Waals surface area (Å²) in [5, 5.41) is 3.62. The number of hydrogen-bond donors (Lipinski definition) is 1. The fourth-order valence-electron chi connectivity index (χ4n) is 2.13. The van der Waals surface area contributed by atoms with Crippen LogP contribution in [0.2, 0.25) is 0 Å². The second-order valence-corrected chi connectivity index (χ2v) is 5.59. The van der Waals surface area contributed by atoms with Crippen LogP contribution in [0.15, 0.2) is 41.8 Å². The van der Waals surface area contributed by atoms with Crippen molar-refractivity contribution in [1.82, 2.24) is 5.32 Å². The van der Waals surface area contributed by atoms with E-state index in [1.54, 1.807) is 11.8 Å². The molecule has 0 amide bonds. The molecule has 0 aliphatic carbocycles. The fraction of sp³-hybridized carbons (Fsp3) is 0.500. The van der Waals surface area contributed by atoms with Gasteiger partial charge in [-0.2, -0.15) is 0 Å². The molecule has 0 radical (unpaired) electrons. The topological polar surface area (TPSA) is 12.0 Å². The molecule has 2 heteroatoms. The third kappa shape index (κ3) is 4.87. The molecular formula is C16H25NS. The second kappa shape index (κ2) is 8.39. The molecule has 0 heterocycles. The molecule has 0 fully saturated rings. The van der Waals surface area contributed by atoms with Crippen molar-refractivity contribution in [3.05, 3.63) is 42.5 Å². The molecule has 0 bridgehead atoms. The molecule has 2 unspecified atom stereocenters. The van der Waals surface area contributed by atoms with Gasteiger partial charge in [0.05, 0.1) is 0 Å². The monoisotopic (exact) mass is 263 g/mol. The van der Waals surface area contributed by atoms with Crippen LogP contribution in [0.5, 0.6) is 0 Å². The summed E-state index contributed by atoms with van der Waals surface area (Å²) in [6.45, 7) is 9.31. The van der Waals surface area contributed by atoms with Gasteiger partial charge in [0, 0.05) is 17.5 Å². The molecule has 0 spiro atoms. The van der Waals surface area contributed by atoms with Gasteiger partial charge in [0.1, 0.15) is 0 Å². The van der Waals surface area contributed by atoms with Crippen molar-refractivity contribution < 1.29 is 0 Å². The summed E-state index contributed by atoms with van der Waals surface area (Å²) < 4.78 is 0. The van der Waals surface area contributed by atoms with E-state index in [4.69, 9.17) is 0 Å². The first-order chi connectivity index (χ1) is 8.71. The maximum absolute atomic E-state index is 3.84. The average Bonchev–Trinajstić information content (AvgIpc) is 2.42. The number of thioether (sulfide) groups is 1. The Morgan fingerprint density at radius 2 is 2.00 bits per heavy atom. The van der Waals surface area contributed by atoms with E-state index in [0.717, 1.165) is 13.0 Å². The van der Waals surface area contributed by atoms with Crippen LogP contribution in [0.4, 0.5) is 0 Å². The number of hydrogen-bond acceptors (Lipinski definition) is 2.